The van der Waals surface area contributed by atoms with Gasteiger partial charge in [0.25, 0.3) is 0 Å². The fraction of sp³-hybridized carbons (Fsp3) is 0.818. The predicted octanol–water partition coefficient (Wildman–Crippen LogP) is 7.46. The van der Waals surface area contributed by atoms with E-state index in [4.69, 9.17) is 9.26 Å². The van der Waals surface area contributed by atoms with Gasteiger partial charge in [-0.05, 0) is 42.6 Å². The van der Waals surface area contributed by atoms with Crippen LogP contribution >= 0.6 is 8.81 Å². The molecule has 1 aliphatic rings. The fourth-order valence-electron chi connectivity index (χ4n) is 3.23. The molecule has 0 aromatic rings. The zero-order chi connectivity index (χ0) is 19.5. The Balaban J connectivity index is 3.38. The molecule has 0 aromatic carbocycles. The molecule has 3 heteroatoms. The van der Waals surface area contributed by atoms with Gasteiger partial charge in [-0.2, -0.15) is 0 Å². The number of hydrogen-bond donors (Lipinski definition) is 0. The van der Waals surface area contributed by atoms with Crippen LogP contribution in [0.25, 0.3) is 0 Å². The highest BCUT2D eigenvalue weighted by Gasteiger charge is 2.37. The number of rotatable bonds is 7. The Bertz CT molecular complexity index is 499. The molecular weight excluding hydrogens is 327 g/mol. The summed E-state index contributed by atoms with van der Waals surface area (Å²) in [6.07, 6.45) is 5.46. The lowest BCUT2D eigenvalue weighted by Gasteiger charge is -2.41. The largest absolute Gasteiger partial charge is 0.485 e. The Morgan fingerprint density at radius 1 is 1.00 bits per heavy atom. The summed E-state index contributed by atoms with van der Waals surface area (Å²) in [4.78, 5) is 0. The van der Waals surface area contributed by atoms with Gasteiger partial charge in [-0.3, -0.25) is 0 Å². The van der Waals surface area contributed by atoms with Crippen molar-refractivity contribution in [3.05, 3.63) is 23.0 Å². The lowest BCUT2D eigenvalue weighted by atomic mass is 9.72. The van der Waals surface area contributed by atoms with Gasteiger partial charge in [-0.15, -0.1) is 0 Å². The summed E-state index contributed by atoms with van der Waals surface area (Å²) in [6, 6.07) is 0. The molecule has 146 valence electrons. The van der Waals surface area contributed by atoms with E-state index in [-0.39, 0.29) is 16.2 Å². The zero-order valence-corrected chi connectivity index (χ0v) is 19.3. The van der Waals surface area contributed by atoms with Crippen molar-refractivity contribution in [1.29, 1.82) is 0 Å². The molecule has 0 saturated carbocycles. The van der Waals surface area contributed by atoms with Crippen LogP contribution in [0.3, 0.4) is 0 Å². The molecule has 0 spiro atoms. The van der Waals surface area contributed by atoms with Crippen molar-refractivity contribution in [2.24, 2.45) is 16.7 Å². The van der Waals surface area contributed by atoms with Crippen LogP contribution in [0.5, 0.6) is 0 Å². The maximum Gasteiger partial charge on any atom is 0.148 e. The second-order valence-corrected chi connectivity index (χ2v) is 10.8. The molecule has 0 N–H and O–H groups in total. The van der Waals surface area contributed by atoms with Crippen LogP contribution in [-0.2, 0) is 9.26 Å². The standard InChI is InChI=1S/C22H41O2P/c1-11-22(12-2,25-23-13-3)24-19-16(4)14-17(20(5,6)7)15-18(19)21(8,9)10/h15-16,25H,11-14H2,1-10H3. The number of allylic oxidation sites excluding steroid dienone is 4. The third-order valence-electron chi connectivity index (χ3n) is 5.18. The average Bonchev–Trinajstić information content (AvgIpc) is 2.50. The third-order valence-corrected chi connectivity index (χ3v) is 6.79. The second kappa shape index (κ2) is 8.57. The minimum absolute atomic E-state index is 0.0719. The van der Waals surface area contributed by atoms with Crippen molar-refractivity contribution in [1.82, 2.24) is 0 Å². The van der Waals surface area contributed by atoms with Crippen LogP contribution in [-0.4, -0.2) is 11.9 Å². The number of hydrogen-bond acceptors (Lipinski definition) is 2. The molecule has 2 unspecified atom stereocenters. The third kappa shape index (κ3) is 5.83. The van der Waals surface area contributed by atoms with Crippen LogP contribution in [0, 0.1) is 16.7 Å². The van der Waals surface area contributed by atoms with Crippen LogP contribution < -0.4 is 0 Å². The molecule has 0 aliphatic heterocycles. The molecule has 0 saturated heterocycles. The molecule has 2 atom stereocenters. The fourth-order valence-corrected chi connectivity index (χ4v) is 4.08. The second-order valence-electron chi connectivity index (χ2n) is 9.39. The monoisotopic (exact) mass is 368 g/mol. The Morgan fingerprint density at radius 3 is 1.96 bits per heavy atom. The smallest absolute Gasteiger partial charge is 0.148 e. The minimum Gasteiger partial charge on any atom is -0.485 e. The van der Waals surface area contributed by atoms with E-state index in [0.717, 1.165) is 25.9 Å². The Hall–Kier alpha value is -0.330. The molecule has 1 aliphatic carbocycles. The van der Waals surface area contributed by atoms with Crippen molar-refractivity contribution in [3.8, 4) is 0 Å². The van der Waals surface area contributed by atoms with E-state index in [0.29, 0.717) is 14.7 Å². The van der Waals surface area contributed by atoms with E-state index in [1.165, 1.54) is 16.9 Å². The Kier molecular flexibility index (Phi) is 7.79. The van der Waals surface area contributed by atoms with Crippen LogP contribution in [0.4, 0.5) is 0 Å². The maximum atomic E-state index is 6.81. The van der Waals surface area contributed by atoms with Gasteiger partial charge < -0.3 is 9.26 Å². The van der Waals surface area contributed by atoms with Crippen LogP contribution in [0.1, 0.15) is 88.5 Å². The van der Waals surface area contributed by atoms with Gasteiger partial charge in [0.1, 0.15) is 11.1 Å². The summed E-state index contributed by atoms with van der Waals surface area (Å²) in [5.41, 5.74) is 3.17. The van der Waals surface area contributed by atoms with Crippen molar-refractivity contribution in [2.45, 2.75) is 93.8 Å². The molecule has 0 aromatic heterocycles. The lowest BCUT2D eigenvalue weighted by Crippen LogP contribution is -2.31. The SMILES string of the molecule is CCOPC(CC)(CC)OC1=C(C(C)(C)C)C=C(C(C)(C)C)CC1C. The Labute approximate surface area is 158 Å². The van der Waals surface area contributed by atoms with E-state index in [1.54, 1.807) is 0 Å². The summed E-state index contributed by atoms with van der Waals surface area (Å²) < 4.78 is 12.6. The highest BCUT2D eigenvalue weighted by atomic mass is 31.1. The molecule has 1 rings (SSSR count). The summed E-state index contributed by atoms with van der Waals surface area (Å²) >= 11 is 0. The quantitative estimate of drug-likeness (QED) is 0.434. The van der Waals surface area contributed by atoms with E-state index in [9.17, 15) is 0 Å². The van der Waals surface area contributed by atoms with E-state index in [1.807, 2.05) is 0 Å². The number of ether oxygens (including phenoxy) is 1. The van der Waals surface area contributed by atoms with Crippen molar-refractivity contribution in [2.75, 3.05) is 6.61 Å². The first kappa shape index (κ1) is 22.7. The molecule has 0 amide bonds. The van der Waals surface area contributed by atoms with Crippen molar-refractivity contribution < 1.29 is 9.26 Å². The summed E-state index contributed by atoms with van der Waals surface area (Å²) in [5.74, 6) is 1.61. The normalized spacial score (nSPS) is 20.4. The highest BCUT2D eigenvalue weighted by Crippen LogP contribution is 2.49. The lowest BCUT2D eigenvalue weighted by molar-refractivity contribution is 0.0421. The molecule has 25 heavy (non-hydrogen) atoms. The average molecular weight is 369 g/mol. The minimum atomic E-state index is -0.191. The summed E-state index contributed by atoms with van der Waals surface area (Å²) in [7, 11) is 0.387. The summed E-state index contributed by atoms with van der Waals surface area (Å²) in [5, 5.41) is -0.191. The van der Waals surface area contributed by atoms with Crippen LogP contribution in [0.15, 0.2) is 23.0 Å². The van der Waals surface area contributed by atoms with Gasteiger partial charge in [0.2, 0.25) is 0 Å². The topological polar surface area (TPSA) is 18.5 Å². The molecule has 2 nitrogen and oxygen atoms in total. The van der Waals surface area contributed by atoms with Gasteiger partial charge in [0, 0.05) is 12.5 Å². The van der Waals surface area contributed by atoms with E-state index < -0.39 is 0 Å². The molecular formula is C22H41O2P. The molecule has 0 radical (unpaired) electrons. The first-order valence-electron chi connectivity index (χ1n) is 9.93. The van der Waals surface area contributed by atoms with Gasteiger partial charge >= 0.3 is 0 Å². The molecule has 0 bridgehead atoms. The predicted molar refractivity (Wildman–Crippen MR) is 112 cm³/mol. The first-order chi connectivity index (χ1) is 11.4. The van der Waals surface area contributed by atoms with Crippen molar-refractivity contribution in [3.63, 3.8) is 0 Å². The van der Waals surface area contributed by atoms with Crippen LogP contribution in [0.2, 0.25) is 0 Å². The van der Waals surface area contributed by atoms with Gasteiger partial charge in [0.05, 0.1) is 8.81 Å². The highest BCUT2D eigenvalue weighted by molar-refractivity contribution is 7.34. The van der Waals surface area contributed by atoms with E-state index >= 15 is 0 Å². The first-order valence-corrected chi connectivity index (χ1v) is 10.8. The Morgan fingerprint density at radius 2 is 1.56 bits per heavy atom. The molecule has 0 heterocycles. The van der Waals surface area contributed by atoms with E-state index in [2.05, 4.69) is 75.3 Å². The van der Waals surface area contributed by atoms with Gasteiger partial charge in [-0.25, -0.2) is 0 Å². The van der Waals surface area contributed by atoms with Gasteiger partial charge in [0.15, 0.2) is 0 Å². The van der Waals surface area contributed by atoms with Gasteiger partial charge in [-0.1, -0.05) is 74.0 Å². The summed E-state index contributed by atoms with van der Waals surface area (Å²) in [6.45, 7) is 23.4. The maximum absolute atomic E-state index is 6.81. The zero-order valence-electron chi connectivity index (χ0n) is 18.3. The van der Waals surface area contributed by atoms with Crippen molar-refractivity contribution >= 4 is 8.81 Å². The molecule has 0 fully saturated rings.